The Balaban J connectivity index is 1.26. The Hall–Kier alpha value is -4.94. The molecule has 0 spiro atoms. The van der Waals surface area contributed by atoms with Crippen molar-refractivity contribution in [2.24, 2.45) is 0 Å². The molecule has 19 heteroatoms. The summed E-state index contributed by atoms with van der Waals surface area (Å²) in [7, 11) is 0. The van der Waals surface area contributed by atoms with Crippen LogP contribution in [0.15, 0.2) is 41.2 Å². The molecule has 0 radical (unpaired) electrons. The molecule has 2 fully saturated rings. The molecule has 0 atom stereocenters. The van der Waals surface area contributed by atoms with E-state index in [1.807, 2.05) is 30.0 Å². The molecule has 2 aliphatic rings. The number of thiazole rings is 1. The van der Waals surface area contributed by atoms with E-state index in [1.165, 1.54) is 15.9 Å². The van der Waals surface area contributed by atoms with Crippen LogP contribution in [0.3, 0.4) is 0 Å². The van der Waals surface area contributed by atoms with Gasteiger partial charge in [0.15, 0.2) is 11.0 Å². The lowest BCUT2D eigenvalue weighted by atomic mass is 10.2. The number of carbonyl (C=O) groups excluding carboxylic acids is 2. The Morgan fingerprint density at radius 1 is 0.982 bits per heavy atom. The van der Waals surface area contributed by atoms with Crippen molar-refractivity contribution in [2.75, 3.05) is 67.6 Å². The van der Waals surface area contributed by atoms with Gasteiger partial charge in [-0.1, -0.05) is 29.9 Å². The first-order valence-electron chi connectivity index (χ1n) is 17.7. The number of alkyl halides is 3. The number of rotatable bonds is 7. The first-order chi connectivity index (χ1) is 26.1. The van der Waals surface area contributed by atoms with Crippen molar-refractivity contribution in [2.45, 2.75) is 52.4 Å². The van der Waals surface area contributed by atoms with Crippen LogP contribution in [0.1, 0.15) is 39.0 Å². The van der Waals surface area contributed by atoms with E-state index in [-0.39, 0.29) is 41.9 Å². The highest BCUT2D eigenvalue weighted by Crippen LogP contribution is 2.35. The third-order valence-corrected chi connectivity index (χ3v) is 10.6. The second-order valence-corrected chi connectivity index (χ2v) is 15.6. The van der Waals surface area contributed by atoms with Crippen LogP contribution in [-0.4, -0.2) is 99.1 Å². The quantitative estimate of drug-likeness (QED) is 0.211. The van der Waals surface area contributed by atoms with Crippen LogP contribution in [0.5, 0.6) is 0 Å². The maximum atomic E-state index is 14.4. The number of aromatic nitrogens is 5. The summed E-state index contributed by atoms with van der Waals surface area (Å²) in [6.07, 6.45) is -4.76. The fourth-order valence-electron chi connectivity index (χ4n) is 6.56. The second-order valence-electron chi connectivity index (χ2n) is 14.2. The molecule has 292 valence electrons. The lowest BCUT2D eigenvalue weighted by Crippen LogP contribution is -2.51. The predicted octanol–water partition coefficient (Wildman–Crippen LogP) is 5.93. The van der Waals surface area contributed by atoms with Crippen LogP contribution in [0, 0.1) is 0 Å². The van der Waals surface area contributed by atoms with Crippen molar-refractivity contribution in [1.29, 1.82) is 0 Å². The highest BCUT2D eigenvalue weighted by Gasteiger charge is 2.32. The lowest BCUT2D eigenvalue weighted by Gasteiger charge is -2.37. The molecular formula is C36H39ClF3N9O5S. The zero-order chi connectivity index (χ0) is 39.2. The summed E-state index contributed by atoms with van der Waals surface area (Å²) in [6.45, 7) is 10.7. The molecule has 2 saturated heterocycles. The van der Waals surface area contributed by atoms with Gasteiger partial charge < -0.3 is 34.1 Å². The standard InChI is InChI=1S/C36H39ClF3N9O5S/c1-5-26-29(45-10-12-47(13-11-45)34(52)54-35(2,3)4)31(51)49-32(48(26)20-28(50)41-24-9-7-22(19-23(24)37)36(38,39)40)43-30(44-49)21-6-8-25-27(18-21)55-33(42-25)46-14-16-53-17-15-46/h6-9,18-19H,5,10-17,20H2,1-4H3,(H,41,50). The number of ether oxygens (including phenoxy) is 2. The van der Waals surface area contributed by atoms with Crippen molar-refractivity contribution < 1.29 is 32.2 Å². The monoisotopic (exact) mass is 801 g/mol. The van der Waals surface area contributed by atoms with Crippen LogP contribution in [0.2, 0.25) is 5.02 Å². The largest absolute Gasteiger partial charge is 0.444 e. The molecule has 0 bridgehead atoms. The average Bonchev–Trinajstić information content (AvgIpc) is 3.78. The van der Waals surface area contributed by atoms with Gasteiger partial charge in [0.25, 0.3) is 5.56 Å². The predicted molar refractivity (Wildman–Crippen MR) is 203 cm³/mol. The van der Waals surface area contributed by atoms with E-state index < -0.39 is 34.9 Å². The molecule has 55 heavy (non-hydrogen) atoms. The molecule has 0 aliphatic carbocycles. The third-order valence-electron chi connectivity index (χ3n) is 9.20. The van der Waals surface area contributed by atoms with Crippen molar-refractivity contribution in [3.8, 4) is 11.4 Å². The van der Waals surface area contributed by atoms with E-state index in [0.717, 1.165) is 46.6 Å². The number of amides is 2. The molecule has 1 N–H and O–H groups in total. The van der Waals surface area contributed by atoms with E-state index in [2.05, 4.69) is 15.3 Å². The molecule has 14 nitrogen and oxygen atoms in total. The minimum atomic E-state index is -4.61. The highest BCUT2D eigenvalue weighted by molar-refractivity contribution is 7.22. The van der Waals surface area contributed by atoms with Crippen molar-refractivity contribution in [3.05, 3.63) is 63.0 Å². The van der Waals surface area contributed by atoms with Gasteiger partial charge in [0, 0.05) is 44.8 Å². The lowest BCUT2D eigenvalue weighted by molar-refractivity contribution is -0.137. The van der Waals surface area contributed by atoms with E-state index >= 15 is 0 Å². The summed E-state index contributed by atoms with van der Waals surface area (Å²) in [5, 5.41) is 7.86. The fraction of sp³-hybridized carbons (Fsp3) is 0.444. The first kappa shape index (κ1) is 38.3. The summed E-state index contributed by atoms with van der Waals surface area (Å²) in [5.74, 6) is -0.275. The SMILES string of the molecule is CCc1c(N2CCN(C(=O)OC(C)(C)C)CC2)c(=O)n2nc(-c3ccc4nc(N5CCOCC5)sc4c3)nc2n1CC(=O)Nc1ccc(C(F)(F)F)cc1Cl. The van der Waals surface area contributed by atoms with Crippen LogP contribution < -0.4 is 20.7 Å². The van der Waals surface area contributed by atoms with Gasteiger partial charge in [0.1, 0.15) is 17.8 Å². The van der Waals surface area contributed by atoms with Crippen molar-refractivity contribution in [1.82, 2.24) is 29.0 Å². The van der Waals surface area contributed by atoms with E-state index in [9.17, 15) is 27.6 Å². The highest BCUT2D eigenvalue weighted by atomic mass is 35.5. The van der Waals surface area contributed by atoms with E-state index in [4.69, 9.17) is 31.0 Å². The van der Waals surface area contributed by atoms with Gasteiger partial charge in [-0.25, -0.2) is 9.78 Å². The normalized spacial score (nSPS) is 15.6. The molecule has 7 rings (SSSR count). The Morgan fingerprint density at radius 2 is 1.71 bits per heavy atom. The van der Waals surface area contributed by atoms with Gasteiger partial charge >= 0.3 is 12.3 Å². The molecule has 5 aromatic rings. The number of anilines is 3. The Kier molecular flexibility index (Phi) is 10.4. The summed E-state index contributed by atoms with van der Waals surface area (Å²) in [5.41, 5.74) is 0.134. The van der Waals surface area contributed by atoms with Gasteiger partial charge in [-0.2, -0.15) is 22.7 Å². The third kappa shape index (κ3) is 8.07. The van der Waals surface area contributed by atoms with Crippen LogP contribution in [0.25, 0.3) is 27.4 Å². The number of piperazine rings is 1. The van der Waals surface area contributed by atoms with E-state index in [0.29, 0.717) is 49.7 Å². The molecule has 0 saturated carbocycles. The van der Waals surface area contributed by atoms with Crippen LogP contribution in [0.4, 0.5) is 34.5 Å². The molecule has 3 aromatic heterocycles. The van der Waals surface area contributed by atoms with Gasteiger partial charge in [-0.05, 0) is 63.6 Å². The average molecular weight is 802 g/mol. The number of halogens is 4. The molecule has 2 aromatic carbocycles. The summed E-state index contributed by atoms with van der Waals surface area (Å²) >= 11 is 7.70. The zero-order valence-electron chi connectivity index (χ0n) is 30.6. The molecule has 5 heterocycles. The maximum Gasteiger partial charge on any atom is 0.416 e. The second kappa shape index (κ2) is 15.0. The number of morpholine rings is 1. The number of hydrogen-bond acceptors (Lipinski definition) is 11. The van der Waals surface area contributed by atoms with Gasteiger partial charge in [0.05, 0.1) is 45.4 Å². The van der Waals surface area contributed by atoms with E-state index in [1.54, 1.807) is 30.2 Å². The number of nitrogens with one attached hydrogen (secondary N) is 1. The number of hydrogen-bond donors (Lipinski definition) is 1. The Labute approximate surface area is 322 Å². The number of benzene rings is 2. The summed E-state index contributed by atoms with van der Waals surface area (Å²) in [6, 6.07) is 8.28. The number of nitrogens with zero attached hydrogens (tertiary/aromatic N) is 8. The maximum absolute atomic E-state index is 14.4. The molecular weight excluding hydrogens is 763 g/mol. The molecule has 0 unspecified atom stereocenters. The summed E-state index contributed by atoms with van der Waals surface area (Å²) in [4.78, 5) is 56.1. The number of fused-ring (bicyclic) bond motifs is 2. The van der Waals surface area contributed by atoms with Gasteiger partial charge in [-0.15, -0.1) is 5.10 Å². The zero-order valence-corrected chi connectivity index (χ0v) is 32.1. The smallest absolute Gasteiger partial charge is 0.416 e. The van der Waals surface area contributed by atoms with Gasteiger partial charge in [-0.3, -0.25) is 9.59 Å². The number of carbonyl (C=O) groups is 2. The molecule has 2 amide bonds. The minimum Gasteiger partial charge on any atom is -0.444 e. The van der Waals surface area contributed by atoms with Crippen molar-refractivity contribution >= 4 is 67.4 Å². The molecule has 2 aliphatic heterocycles. The van der Waals surface area contributed by atoms with Crippen LogP contribution >= 0.6 is 22.9 Å². The topological polar surface area (TPSA) is 139 Å². The fourth-order valence-corrected chi connectivity index (χ4v) is 7.84. The summed E-state index contributed by atoms with van der Waals surface area (Å²) < 4.78 is 54.5. The minimum absolute atomic E-state index is 0.00951. The Morgan fingerprint density at radius 3 is 2.36 bits per heavy atom. The Bertz CT molecular complexity index is 2320. The van der Waals surface area contributed by atoms with Gasteiger partial charge in [0.2, 0.25) is 11.7 Å². The van der Waals surface area contributed by atoms with Crippen molar-refractivity contribution in [3.63, 3.8) is 0 Å². The first-order valence-corrected chi connectivity index (χ1v) is 18.9. The van der Waals surface area contributed by atoms with Crippen LogP contribution in [-0.2, 0) is 33.4 Å².